The van der Waals surface area contributed by atoms with Gasteiger partial charge in [0.2, 0.25) is 0 Å². The summed E-state index contributed by atoms with van der Waals surface area (Å²) in [6, 6.07) is 0.645. The Kier molecular flexibility index (Phi) is 4.99. The summed E-state index contributed by atoms with van der Waals surface area (Å²) in [5.41, 5.74) is 2.93. The second-order valence-electron chi connectivity index (χ2n) is 6.98. The van der Waals surface area contributed by atoms with Gasteiger partial charge in [-0.3, -0.25) is 0 Å². The highest BCUT2D eigenvalue weighted by Crippen LogP contribution is 2.30. The van der Waals surface area contributed by atoms with Crippen molar-refractivity contribution in [2.75, 3.05) is 6.54 Å². The maximum absolute atomic E-state index is 4.85. The Morgan fingerprint density at radius 3 is 2.71 bits per heavy atom. The van der Waals surface area contributed by atoms with Crippen LogP contribution in [0.5, 0.6) is 0 Å². The van der Waals surface area contributed by atoms with Crippen molar-refractivity contribution in [2.24, 2.45) is 5.92 Å². The molecule has 0 aromatic carbocycles. The minimum Gasteiger partial charge on any atom is -0.330 e. The predicted octanol–water partition coefficient (Wildman–Crippen LogP) is 3.63. The maximum Gasteiger partial charge on any atom is 0.106 e. The second kappa shape index (κ2) is 6.95. The third-order valence-corrected chi connectivity index (χ3v) is 5.43. The van der Waals surface area contributed by atoms with Crippen LogP contribution in [0.1, 0.15) is 69.1 Å². The van der Waals surface area contributed by atoms with Gasteiger partial charge < -0.3 is 9.88 Å². The SMILES string of the molecule is CCCNC(Cn1c(C)nc2c1CCCC2)C1CCCC1. The molecule has 1 aromatic heterocycles. The summed E-state index contributed by atoms with van der Waals surface area (Å²) in [6.07, 6.45) is 12.0. The largest absolute Gasteiger partial charge is 0.330 e. The molecule has 0 bridgehead atoms. The summed E-state index contributed by atoms with van der Waals surface area (Å²) in [7, 11) is 0. The highest BCUT2D eigenvalue weighted by molar-refractivity contribution is 5.20. The third-order valence-electron chi connectivity index (χ3n) is 5.43. The van der Waals surface area contributed by atoms with Crippen LogP contribution in [-0.4, -0.2) is 22.1 Å². The van der Waals surface area contributed by atoms with E-state index in [4.69, 9.17) is 4.98 Å². The van der Waals surface area contributed by atoms with Crippen molar-refractivity contribution < 1.29 is 0 Å². The first kappa shape index (κ1) is 15.1. The molecule has 0 radical (unpaired) electrons. The van der Waals surface area contributed by atoms with E-state index in [0.717, 1.165) is 19.0 Å². The highest BCUT2D eigenvalue weighted by atomic mass is 15.1. The van der Waals surface area contributed by atoms with E-state index < -0.39 is 0 Å². The van der Waals surface area contributed by atoms with Gasteiger partial charge in [-0.05, 0) is 64.3 Å². The summed E-state index contributed by atoms with van der Waals surface area (Å²) in [5.74, 6) is 2.11. The Hall–Kier alpha value is -0.830. The summed E-state index contributed by atoms with van der Waals surface area (Å²) in [5, 5.41) is 3.84. The Labute approximate surface area is 129 Å². The number of aromatic nitrogens is 2. The Morgan fingerprint density at radius 2 is 1.95 bits per heavy atom. The molecule has 118 valence electrons. The standard InChI is InChI=1S/C18H31N3/c1-3-12-19-17(15-8-4-5-9-15)13-21-14(2)20-16-10-6-7-11-18(16)21/h15,17,19H,3-13H2,1-2H3. The van der Waals surface area contributed by atoms with Crippen LogP contribution in [0.15, 0.2) is 0 Å². The first-order chi connectivity index (χ1) is 10.3. The van der Waals surface area contributed by atoms with Gasteiger partial charge in [-0.1, -0.05) is 19.8 Å². The molecule has 1 fully saturated rings. The van der Waals surface area contributed by atoms with Gasteiger partial charge in [0.1, 0.15) is 5.82 Å². The highest BCUT2D eigenvalue weighted by Gasteiger charge is 2.27. The lowest BCUT2D eigenvalue weighted by molar-refractivity contribution is 0.317. The molecule has 3 nitrogen and oxygen atoms in total. The number of aryl methyl sites for hydroxylation is 2. The fourth-order valence-corrected chi connectivity index (χ4v) is 4.24. The van der Waals surface area contributed by atoms with E-state index in [1.165, 1.54) is 69.3 Å². The summed E-state index contributed by atoms with van der Waals surface area (Å²) >= 11 is 0. The number of nitrogens with one attached hydrogen (secondary N) is 1. The number of imidazole rings is 1. The van der Waals surface area contributed by atoms with Crippen molar-refractivity contribution >= 4 is 0 Å². The lowest BCUT2D eigenvalue weighted by Gasteiger charge is -2.27. The van der Waals surface area contributed by atoms with Crippen molar-refractivity contribution in [3.63, 3.8) is 0 Å². The molecule has 2 aliphatic rings. The molecule has 1 atom stereocenters. The molecule has 3 rings (SSSR count). The van der Waals surface area contributed by atoms with E-state index in [2.05, 4.69) is 23.7 Å². The first-order valence-corrected chi connectivity index (χ1v) is 9.08. The smallest absolute Gasteiger partial charge is 0.106 e. The van der Waals surface area contributed by atoms with Crippen molar-refractivity contribution in [1.82, 2.24) is 14.9 Å². The van der Waals surface area contributed by atoms with Crippen LogP contribution in [0.4, 0.5) is 0 Å². The molecule has 1 aromatic rings. The van der Waals surface area contributed by atoms with Crippen LogP contribution >= 0.6 is 0 Å². The van der Waals surface area contributed by atoms with E-state index in [-0.39, 0.29) is 0 Å². The molecule has 0 spiro atoms. The molecule has 0 amide bonds. The Morgan fingerprint density at radius 1 is 1.19 bits per heavy atom. The molecular weight excluding hydrogens is 258 g/mol. The zero-order valence-corrected chi connectivity index (χ0v) is 13.8. The fraction of sp³-hybridized carbons (Fsp3) is 0.833. The first-order valence-electron chi connectivity index (χ1n) is 9.08. The Balaban J connectivity index is 1.76. The quantitative estimate of drug-likeness (QED) is 0.866. The minimum absolute atomic E-state index is 0.645. The van der Waals surface area contributed by atoms with Crippen LogP contribution in [-0.2, 0) is 19.4 Å². The van der Waals surface area contributed by atoms with Crippen LogP contribution in [0, 0.1) is 12.8 Å². The average molecular weight is 289 g/mol. The molecule has 21 heavy (non-hydrogen) atoms. The summed E-state index contributed by atoms with van der Waals surface area (Å²) < 4.78 is 2.54. The van der Waals surface area contributed by atoms with Crippen LogP contribution in [0.25, 0.3) is 0 Å². The van der Waals surface area contributed by atoms with Gasteiger partial charge in [0.05, 0.1) is 5.69 Å². The lowest BCUT2D eigenvalue weighted by atomic mass is 9.96. The minimum atomic E-state index is 0.645. The molecular formula is C18H31N3. The normalized spacial score (nSPS) is 20.7. The molecule has 0 aliphatic heterocycles. The van der Waals surface area contributed by atoms with E-state index in [1.54, 1.807) is 5.69 Å². The zero-order valence-electron chi connectivity index (χ0n) is 13.8. The number of hydrogen-bond donors (Lipinski definition) is 1. The lowest BCUT2D eigenvalue weighted by Crippen LogP contribution is -2.40. The maximum atomic E-state index is 4.85. The van der Waals surface area contributed by atoms with Crippen molar-refractivity contribution in [3.05, 3.63) is 17.2 Å². The van der Waals surface area contributed by atoms with E-state index in [9.17, 15) is 0 Å². The van der Waals surface area contributed by atoms with Crippen LogP contribution < -0.4 is 5.32 Å². The van der Waals surface area contributed by atoms with Gasteiger partial charge in [-0.15, -0.1) is 0 Å². The van der Waals surface area contributed by atoms with Gasteiger partial charge in [-0.2, -0.15) is 0 Å². The molecule has 1 unspecified atom stereocenters. The summed E-state index contributed by atoms with van der Waals surface area (Å²) in [4.78, 5) is 4.85. The molecule has 1 saturated carbocycles. The Bertz CT molecular complexity index is 457. The number of nitrogens with zero attached hydrogens (tertiary/aromatic N) is 2. The summed E-state index contributed by atoms with van der Waals surface area (Å²) in [6.45, 7) is 6.75. The van der Waals surface area contributed by atoms with E-state index >= 15 is 0 Å². The van der Waals surface area contributed by atoms with Crippen molar-refractivity contribution in [3.8, 4) is 0 Å². The monoisotopic (exact) mass is 289 g/mol. The molecule has 0 saturated heterocycles. The van der Waals surface area contributed by atoms with Crippen molar-refractivity contribution in [2.45, 2.75) is 84.2 Å². The average Bonchev–Trinajstić information content (AvgIpc) is 3.11. The second-order valence-corrected chi connectivity index (χ2v) is 6.98. The number of hydrogen-bond acceptors (Lipinski definition) is 2. The van der Waals surface area contributed by atoms with E-state index in [1.807, 2.05) is 0 Å². The topological polar surface area (TPSA) is 29.9 Å². The zero-order chi connectivity index (χ0) is 14.7. The molecule has 3 heteroatoms. The van der Waals surface area contributed by atoms with Gasteiger partial charge in [-0.25, -0.2) is 4.98 Å². The van der Waals surface area contributed by atoms with Gasteiger partial charge in [0.25, 0.3) is 0 Å². The fourth-order valence-electron chi connectivity index (χ4n) is 4.24. The van der Waals surface area contributed by atoms with Crippen molar-refractivity contribution in [1.29, 1.82) is 0 Å². The van der Waals surface area contributed by atoms with Gasteiger partial charge in [0, 0.05) is 18.3 Å². The molecule has 1 N–H and O–H groups in total. The molecule has 1 heterocycles. The third kappa shape index (κ3) is 3.33. The van der Waals surface area contributed by atoms with Crippen LogP contribution in [0.2, 0.25) is 0 Å². The van der Waals surface area contributed by atoms with E-state index in [0.29, 0.717) is 6.04 Å². The molecule has 2 aliphatic carbocycles. The predicted molar refractivity (Wildman–Crippen MR) is 87.6 cm³/mol. The number of fused-ring (bicyclic) bond motifs is 1. The van der Waals surface area contributed by atoms with Crippen LogP contribution in [0.3, 0.4) is 0 Å². The number of rotatable bonds is 6. The van der Waals surface area contributed by atoms with Gasteiger partial charge in [0.15, 0.2) is 0 Å². The van der Waals surface area contributed by atoms with Gasteiger partial charge >= 0.3 is 0 Å².